The fraction of sp³-hybridized carbons (Fsp3) is 0.382. The Bertz CT molecular complexity index is 1600. The Balaban J connectivity index is 1.49. The van der Waals surface area contributed by atoms with Crippen molar-refractivity contribution < 1.29 is 29.0 Å². The second-order valence-electron chi connectivity index (χ2n) is 11.7. The lowest BCUT2D eigenvalue weighted by molar-refractivity contribution is -0.202. The number of phenolic OH excluding ortho intramolecular Hbond substituents is 1. The Morgan fingerprint density at radius 3 is 2.37 bits per heavy atom. The normalized spacial score (nSPS) is 18.4. The van der Waals surface area contributed by atoms with Crippen molar-refractivity contribution in [2.75, 3.05) is 53.4 Å². The van der Waals surface area contributed by atoms with Crippen LogP contribution < -0.4 is 14.4 Å². The number of benzene rings is 3. The van der Waals surface area contributed by atoms with E-state index in [0.717, 1.165) is 22.4 Å². The Morgan fingerprint density at radius 2 is 1.70 bits per heavy atom. The molecule has 244 valence electrons. The van der Waals surface area contributed by atoms with Gasteiger partial charge in [-0.2, -0.15) is 0 Å². The molecule has 0 radical (unpaired) electrons. The van der Waals surface area contributed by atoms with Gasteiger partial charge in [-0.15, -0.1) is 0 Å². The van der Waals surface area contributed by atoms with Gasteiger partial charge >= 0.3 is 0 Å². The first-order chi connectivity index (χ1) is 22.0. The summed E-state index contributed by atoms with van der Waals surface area (Å²) >= 11 is 6.57. The van der Waals surface area contributed by atoms with Crippen LogP contribution in [0.4, 0.5) is 5.69 Å². The molecule has 0 bridgehead atoms. The quantitative estimate of drug-likeness (QED) is 0.356. The van der Waals surface area contributed by atoms with E-state index in [-0.39, 0.29) is 55.9 Å². The molecule has 2 aliphatic rings. The van der Waals surface area contributed by atoms with E-state index >= 15 is 0 Å². The molecule has 1 unspecified atom stereocenters. The zero-order valence-electron chi connectivity index (χ0n) is 26.8. The predicted molar refractivity (Wildman–Crippen MR) is 175 cm³/mol. The summed E-state index contributed by atoms with van der Waals surface area (Å²) in [6.45, 7) is 0.308. The maximum atomic E-state index is 14.3. The average molecular weight is 650 g/mol. The van der Waals surface area contributed by atoms with Crippen LogP contribution in [0.1, 0.15) is 23.1 Å². The molecule has 2 heterocycles. The number of methoxy groups -OCH3 is 2. The molecule has 2 aliphatic heterocycles. The highest BCUT2D eigenvalue weighted by atomic mass is 35.5. The summed E-state index contributed by atoms with van der Waals surface area (Å²) in [4.78, 5) is 47.2. The summed E-state index contributed by atoms with van der Waals surface area (Å²) in [5, 5.41) is 13.7. The van der Waals surface area contributed by atoms with Crippen LogP contribution in [0.25, 0.3) is 0 Å². The molecule has 3 aromatic carbocycles. The third-order valence-corrected chi connectivity index (χ3v) is 8.84. The average Bonchev–Trinajstić information content (AvgIpc) is 3.02. The summed E-state index contributed by atoms with van der Waals surface area (Å²) in [6.07, 6.45) is 0.0223. The summed E-state index contributed by atoms with van der Waals surface area (Å²) < 4.78 is 11.0. The smallest absolute Gasteiger partial charge is 0.246 e. The minimum atomic E-state index is -0.861. The molecule has 11 nitrogen and oxygen atoms in total. The van der Waals surface area contributed by atoms with Gasteiger partial charge in [0.25, 0.3) is 0 Å². The number of nitrogens with zero attached hydrogens (tertiary/aromatic N) is 5. The maximum Gasteiger partial charge on any atom is 0.246 e. The minimum Gasteiger partial charge on any atom is -0.508 e. The molecule has 0 aromatic heterocycles. The summed E-state index contributed by atoms with van der Waals surface area (Å²) in [5.74, 6) is 0.610. The number of aromatic hydroxyl groups is 1. The van der Waals surface area contributed by atoms with E-state index in [4.69, 9.17) is 21.1 Å². The lowest BCUT2D eigenvalue weighted by Gasteiger charge is -2.54. The number of hydrazine groups is 1. The van der Waals surface area contributed by atoms with E-state index in [1.54, 1.807) is 77.5 Å². The fourth-order valence-corrected chi connectivity index (χ4v) is 6.83. The number of carbonyl (C=O) groups excluding carboxylic acids is 3. The molecule has 1 N–H and O–H groups in total. The van der Waals surface area contributed by atoms with E-state index in [2.05, 4.69) is 0 Å². The molecule has 0 aliphatic carbocycles. The first-order valence-electron chi connectivity index (χ1n) is 15.1. The number of carbonyl (C=O) groups is 3. The van der Waals surface area contributed by atoms with Gasteiger partial charge in [0.1, 0.15) is 18.0 Å². The van der Waals surface area contributed by atoms with Crippen molar-refractivity contribution in [3.05, 3.63) is 82.4 Å². The minimum absolute atomic E-state index is 0.0524. The van der Waals surface area contributed by atoms with Gasteiger partial charge in [0.15, 0.2) is 11.5 Å². The predicted octanol–water partition coefficient (Wildman–Crippen LogP) is 3.56. The van der Waals surface area contributed by atoms with Gasteiger partial charge in [0.05, 0.1) is 38.0 Å². The largest absolute Gasteiger partial charge is 0.508 e. The number of phenols is 1. The topological polar surface area (TPSA) is 106 Å². The molecule has 12 heteroatoms. The number of hydrogen-bond acceptors (Lipinski definition) is 8. The number of aryl methyl sites for hydroxylation is 1. The van der Waals surface area contributed by atoms with Crippen LogP contribution in [0, 0.1) is 0 Å². The molecular formula is C34H40ClN5O6. The van der Waals surface area contributed by atoms with E-state index in [9.17, 15) is 19.5 Å². The number of fused-ring (bicyclic) bond motifs is 1. The van der Waals surface area contributed by atoms with Crippen LogP contribution in [0.15, 0.2) is 60.7 Å². The van der Waals surface area contributed by atoms with Crippen LogP contribution in [-0.2, 0) is 33.8 Å². The lowest BCUT2D eigenvalue weighted by atomic mass is 9.97. The Hall–Kier alpha value is -4.48. The highest BCUT2D eigenvalue weighted by molar-refractivity contribution is 6.33. The van der Waals surface area contributed by atoms with Crippen molar-refractivity contribution in [1.29, 1.82) is 0 Å². The number of para-hydroxylation sites is 2. The Kier molecular flexibility index (Phi) is 9.93. The second kappa shape index (κ2) is 13.9. The molecule has 0 spiro atoms. The van der Waals surface area contributed by atoms with E-state index in [0.29, 0.717) is 22.9 Å². The maximum absolute atomic E-state index is 14.3. The molecule has 2 atom stereocenters. The summed E-state index contributed by atoms with van der Waals surface area (Å²) in [7, 11) is 8.64. The van der Waals surface area contributed by atoms with Crippen molar-refractivity contribution in [3.8, 4) is 17.2 Å². The monoisotopic (exact) mass is 649 g/mol. The number of piperazine rings is 1. The van der Waals surface area contributed by atoms with Gasteiger partial charge in [-0.05, 0) is 47.4 Å². The Labute approximate surface area is 274 Å². The SMILES string of the molecule is COc1cccc(CCC(=O)N2C3CN(Cc4cccc(Cl)c4N(C)C)C(=O)[C@H](Cc4ccc(O)cc4)N3C(=O)CN2C)c1OC. The van der Waals surface area contributed by atoms with Crippen LogP contribution in [-0.4, -0.2) is 103 Å². The zero-order valence-corrected chi connectivity index (χ0v) is 27.5. The molecule has 46 heavy (non-hydrogen) atoms. The molecule has 2 saturated heterocycles. The number of rotatable bonds is 10. The third-order valence-electron chi connectivity index (χ3n) is 8.53. The lowest BCUT2D eigenvalue weighted by Crippen LogP contribution is -2.75. The van der Waals surface area contributed by atoms with Crippen molar-refractivity contribution in [3.63, 3.8) is 0 Å². The number of ether oxygens (including phenoxy) is 2. The van der Waals surface area contributed by atoms with Crippen molar-refractivity contribution in [1.82, 2.24) is 19.8 Å². The third kappa shape index (κ3) is 6.56. The Morgan fingerprint density at radius 1 is 1.00 bits per heavy atom. The van der Waals surface area contributed by atoms with Gasteiger partial charge in [0, 0.05) is 40.5 Å². The first kappa shape index (κ1) is 32.9. The van der Waals surface area contributed by atoms with Gasteiger partial charge in [-0.3, -0.25) is 19.4 Å². The van der Waals surface area contributed by atoms with E-state index < -0.39 is 12.2 Å². The van der Waals surface area contributed by atoms with Crippen molar-refractivity contribution >= 4 is 35.0 Å². The summed E-state index contributed by atoms with van der Waals surface area (Å²) in [5.41, 5.74) is 3.25. The number of amides is 3. The zero-order chi connectivity index (χ0) is 33.1. The number of likely N-dealkylation sites (N-methyl/N-ethyl adjacent to an activating group) is 1. The van der Waals surface area contributed by atoms with Gasteiger partial charge in [-0.1, -0.05) is 48.0 Å². The highest BCUT2D eigenvalue weighted by Crippen LogP contribution is 2.34. The van der Waals surface area contributed by atoms with E-state index in [1.807, 2.05) is 43.3 Å². The van der Waals surface area contributed by atoms with Crippen LogP contribution in [0.3, 0.4) is 0 Å². The second-order valence-corrected chi connectivity index (χ2v) is 12.1. The van der Waals surface area contributed by atoms with Crippen molar-refractivity contribution in [2.45, 2.75) is 38.0 Å². The van der Waals surface area contributed by atoms with Crippen LogP contribution >= 0.6 is 11.6 Å². The fourth-order valence-electron chi connectivity index (χ4n) is 6.47. The summed E-state index contributed by atoms with van der Waals surface area (Å²) in [6, 6.07) is 16.9. The number of hydrogen-bond donors (Lipinski definition) is 1. The highest BCUT2D eigenvalue weighted by Gasteiger charge is 2.50. The molecule has 3 amide bonds. The molecular weight excluding hydrogens is 610 g/mol. The van der Waals surface area contributed by atoms with E-state index in [1.165, 1.54) is 0 Å². The van der Waals surface area contributed by atoms with Gasteiger partial charge < -0.3 is 29.3 Å². The molecule has 0 saturated carbocycles. The standard InChI is InChI=1S/C34H40ClN5O6/c1-36(2)32-24(9-6-10-26(32)35)19-38-20-29-39(27(34(38)44)18-22-12-15-25(41)16-13-22)31(43)21-37(3)40(29)30(42)17-14-23-8-7-11-28(45-4)33(23)46-5/h6-13,15-16,27,29,41H,14,17-21H2,1-5H3/t27-,29?/m0/s1. The number of anilines is 1. The first-order valence-corrected chi connectivity index (χ1v) is 15.5. The molecule has 5 rings (SSSR count). The van der Waals surface area contributed by atoms with Crippen molar-refractivity contribution in [2.24, 2.45) is 0 Å². The van der Waals surface area contributed by atoms with Gasteiger partial charge in [-0.25, -0.2) is 5.01 Å². The molecule has 2 fully saturated rings. The molecule has 3 aromatic rings. The van der Waals surface area contributed by atoms with Gasteiger partial charge in [0.2, 0.25) is 17.7 Å². The number of halogens is 1. The van der Waals surface area contributed by atoms with Crippen LogP contribution in [0.5, 0.6) is 17.2 Å². The van der Waals surface area contributed by atoms with Crippen LogP contribution in [0.2, 0.25) is 5.02 Å².